The minimum atomic E-state index is -0.338. The van der Waals surface area contributed by atoms with Crippen LogP contribution in [0.3, 0.4) is 0 Å². The van der Waals surface area contributed by atoms with Crippen molar-refractivity contribution in [2.75, 3.05) is 11.1 Å². The number of carbonyl (C=O) groups excluding carboxylic acids is 2. The standard InChI is InChI=1S/C23H26ClN5O2S/c1-5-29-21(16(4)25-22(31)18-9-7-6-8-14(18)2)27-28-23(29)32-13-20(30)26-19-11-10-17(24)12-15(19)3/h6-12,16H,5,13H2,1-4H3,(H,25,31)(H,26,30)/t16-/m1/s1. The van der Waals surface area contributed by atoms with Gasteiger partial charge in [-0.2, -0.15) is 0 Å². The summed E-state index contributed by atoms with van der Waals surface area (Å²) in [6, 6.07) is 12.4. The number of aryl methyl sites for hydroxylation is 2. The summed E-state index contributed by atoms with van der Waals surface area (Å²) >= 11 is 7.27. The van der Waals surface area contributed by atoms with Crippen LogP contribution in [-0.2, 0) is 11.3 Å². The van der Waals surface area contributed by atoms with Crippen molar-refractivity contribution < 1.29 is 9.59 Å². The van der Waals surface area contributed by atoms with Gasteiger partial charge in [0.15, 0.2) is 11.0 Å². The van der Waals surface area contributed by atoms with Crippen LogP contribution >= 0.6 is 23.4 Å². The zero-order valence-corrected chi connectivity index (χ0v) is 20.0. The summed E-state index contributed by atoms with van der Waals surface area (Å²) in [4.78, 5) is 25.1. The van der Waals surface area contributed by atoms with Crippen LogP contribution in [-0.4, -0.2) is 32.3 Å². The number of halogens is 1. The van der Waals surface area contributed by atoms with Gasteiger partial charge in [-0.05, 0) is 63.1 Å². The lowest BCUT2D eigenvalue weighted by Gasteiger charge is -2.16. The van der Waals surface area contributed by atoms with E-state index < -0.39 is 0 Å². The van der Waals surface area contributed by atoms with Gasteiger partial charge in [0.1, 0.15) is 0 Å². The zero-order chi connectivity index (χ0) is 23.3. The SMILES string of the molecule is CCn1c(SCC(=O)Nc2ccc(Cl)cc2C)nnc1[C@@H](C)NC(=O)c1ccccc1C. The van der Waals surface area contributed by atoms with E-state index in [2.05, 4.69) is 20.8 Å². The number of rotatable bonds is 8. The Kier molecular flexibility index (Phi) is 7.93. The third-order valence-corrected chi connectivity index (χ3v) is 6.18. The van der Waals surface area contributed by atoms with Crippen LogP contribution in [0.2, 0.25) is 5.02 Å². The van der Waals surface area contributed by atoms with E-state index in [1.165, 1.54) is 11.8 Å². The Morgan fingerprint density at radius 1 is 1.12 bits per heavy atom. The Labute approximate surface area is 197 Å². The monoisotopic (exact) mass is 471 g/mol. The van der Waals surface area contributed by atoms with Gasteiger partial charge in [0.05, 0.1) is 11.8 Å². The number of nitrogens with zero attached hydrogens (tertiary/aromatic N) is 3. The Bertz CT molecular complexity index is 1130. The topological polar surface area (TPSA) is 88.9 Å². The highest BCUT2D eigenvalue weighted by Crippen LogP contribution is 2.23. The molecule has 0 aliphatic rings. The molecule has 0 aliphatic heterocycles. The number of amides is 2. The number of hydrogen-bond acceptors (Lipinski definition) is 5. The molecule has 1 atom stereocenters. The molecule has 0 radical (unpaired) electrons. The predicted molar refractivity (Wildman–Crippen MR) is 128 cm³/mol. The molecule has 32 heavy (non-hydrogen) atoms. The fraction of sp³-hybridized carbons (Fsp3) is 0.304. The minimum Gasteiger partial charge on any atom is -0.342 e. The van der Waals surface area contributed by atoms with Crippen LogP contribution in [0, 0.1) is 13.8 Å². The molecule has 3 aromatic rings. The molecule has 0 spiro atoms. The zero-order valence-electron chi connectivity index (χ0n) is 18.5. The normalized spacial score (nSPS) is 11.8. The average molecular weight is 472 g/mol. The first-order valence-electron chi connectivity index (χ1n) is 10.3. The first-order valence-corrected chi connectivity index (χ1v) is 11.6. The number of nitrogens with one attached hydrogen (secondary N) is 2. The van der Waals surface area contributed by atoms with E-state index in [0.29, 0.717) is 28.1 Å². The number of thioether (sulfide) groups is 1. The molecule has 2 amide bonds. The molecule has 0 saturated carbocycles. The van der Waals surface area contributed by atoms with Crippen molar-refractivity contribution in [2.24, 2.45) is 0 Å². The van der Waals surface area contributed by atoms with Crippen LogP contribution in [0.5, 0.6) is 0 Å². The average Bonchev–Trinajstić information content (AvgIpc) is 3.17. The lowest BCUT2D eigenvalue weighted by Crippen LogP contribution is -2.29. The van der Waals surface area contributed by atoms with E-state index in [1.807, 2.05) is 50.5 Å². The van der Waals surface area contributed by atoms with Crippen molar-refractivity contribution in [3.63, 3.8) is 0 Å². The second-order valence-electron chi connectivity index (χ2n) is 7.39. The summed E-state index contributed by atoms with van der Waals surface area (Å²) in [7, 11) is 0. The maximum Gasteiger partial charge on any atom is 0.252 e. The van der Waals surface area contributed by atoms with Crippen molar-refractivity contribution in [1.29, 1.82) is 0 Å². The molecule has 2 aromatic carbocycles. The molecule has 0 unspecified atom stereocenters. The Balaban J connectivity index is 1.64. The molecule has 9 heteroatoms. The second-order valence-corrected chi connectivity index (χ2v) is 8.77. The number of hydrogen-bond donors (Lipinski definition) is 2. The smallest absolute Gasteiger partial charge is 0.252 e. The Morgan fingerprint density at radius 3 is 2.56 bits per heavy atom. The van der Waals surface area contributed by atoms with E-state index in [9.17, 15) is 9.59 Å². The summed E-state index contributed by atoms with van der Waals surface area (Å²) in [5, 5.41) is 15.6. The van der Waals surface area contributed by atoms with Gasteiger partial charge in [-0.15, -0.1) is 10.2 Å². The molecule has 7 nitrogen and oxygen atoms in total. The van der Waals surface area contributed by atoms with Crippen LogP contribution in [0.1, 0.15) is 47.2 Å². The van der Waals surface area contributed by atoms with Crippen molar-refractivity contribution >= 4 is 40.9 Å². The first kappa shape index (κ1) is 23.8. The molecule has 3 rings (SSSR count). The van der Waals surface area contributed by atoms with E-state index >= 15 is 0 Å². The quantitative estimate of drug-likeness (QED) is 0.461. The molecular weight excluding hydrogens is 446 g/mol. The van der Waals surface area contributed by atoms with Crippen LogP contribution in [0.25, 0.3) is 0 Å². The summed E-state index contributed by atoms with van der Waals surface area (Å²) in [6.45, 7) is 8.26. The van der Waals surface area contributed by atoms with E-state index in [0.717, 1.165) is 16.8 Å². The van der Waals surface area contributed by atoms with Crippen molar-refractivity contribution in [1.82, 2.24) is 20.1 Å². The largest absolute Gasteiger partial charge is 0.342 e. The fourth-order valence-corrected chi connectivity index (χ4v) is 4.31. The van der Waals surface area contributed by atoms with E-state index in [-0.39, 0.29) is 23.6 Å². The maximum absolute atomic E-state index is 12.7. The van der Waals surface area contributed by atoms with Crippen LogP contribution < -0.4 is 10.6 Å². The number of carbonyl (C=O) groups is 2. The number of benzene rings is 2. The van der Waals surface area contributed by atoms with Crippen LogP contribution in [0.4, 0.5) is 5.69 Å². The van der Waals surface area contributed by atoms with Crippen molar-refractivity contribution in [3.8, 4) is 0 Å². The van der Waals surface area contributed by atoms with Gasteiger partial charge < -0.3 is 15.2 Å². The summed E-state index contributed by atoms with van der Waals surface area (Å²) in [6.07, 6.45) is 0. The van der Waals surface area contributed by atoms with Crippen molar-refractivity contribution in [2.45, 2.75) is 45.4 Å². The minimum absolute atomic E-state index is 0.145. The molecule has 0 fully saturated rings. The summed E-state index contributed by atoms with van der Waals surface area (Å²) in [5.41, 5.74) is 3.16. The lowest BCUT2D eigenvalue weighted by atomic mass is 10.1. The molecule has 0 saturated heterocycles. The molecule has 1 heterocycles. The van der Waals surface area contributed by atoms with Gasteiger partial charge in [-0.3, -0.25) is 9.59 Å². The molecule has 168 valence electrons. The number of anilines is 1. The highest BCUT2D eigenvalue weighted by molar-refractivity contribution is 7.99. The van der Waals surface area contributed by atoms with E-state index in [4.69, 9.17) is 11.6 Å². The highest BCUT2D eigenvalue weighted by Gasteiger charge is 2.20. The number of aromatic nitrogens is 3. The maximum atomic E-state index is 12.7. The highest BCUT2D eigenvalue weighted by atomic mass is 35.5. The lowest BCUT2D eigenvalue weighted by molar-refractivity contribution is -0.113. The third-order valence-electron chi connectivity index (χ3n) is 4.98. The van der Waals surface area contributed by atoms with Gasteiger partial charge in [0.2, 0.25) is 5.91 Å². The van der Waals surface area contributed by atoms with Gasteiger partial charge in [-0.1, -0.05) is 41.6 Å². The Hall–Kier alpha value is -2.84. The van der Waals surface area contributed by atoms with Gasteiger partial charge in [-0.25, -0.2) is 0 Å². The molecule has 0 bridgehead atoms. The Morgan fingerprint density at radius 2 is 1.88 bits per heavy atom. The fourth-order valence-electron chi connectivity index (χ4n) is 3.27. The van der Waals surface area contributed by atoms with Crippen LogP contribution in [0.15, 0.2) is 47.6 Å². The van der Waals surface area contributed by atoms with Gasteiger partial charge in [0, 0.05) is 22.8 Å². The van der Waals surface area contributed by atoms with Gasteiger partial charge in [0.25, 0.3) is 5.91 Å². The molecule has 0 aliphatic carbocycles. The summed E-state index contributed by atoms with van der Waals surface area (Å²) in [5.74, 6) is 0.525. The van der Waals surface area contributed by atoms with Gasteiger partial charge >= 0.3 is 0 Å². The predicted octanol–water partition coefficient (Wildman–Crippen LogP) is 4.79. The third kappa shape index (κ3) is 5.69. The van der Waals surface area contributed by atoms with Crippen molar-refractivity contribution in [3.05, 3.63) is 70.0 Å². The molecule has 1 aromatic heterocycles. The second kappa shape index (κ2) is 10.7. The molecule has 2 N–H and O–H groups in total. The van der Waals surface area contributed by atoms with E-state index in [1.54, 1.807) is 24.3 Å². The molecular formula is C23H26ClN5O2S. The first-order chi connectivity index (χ1) is 15.3. The summed E-state index contributed by atoms with van der Waals surface area (Å²) < 4.78 is 1.91.